The topological polar surface area (TPSA) is 55.8 Å². The van der Waals surface area contributed by atoms with Crippen molar-refractivity contribution >= 4 is 28.2 Å². The molecule has 0 saturated carbocycles. The summed E-state index contributed by atoms with van der Waals surface area (Å²) < 4.78 is 14.0. The minimum atomic E-state index is -1.85. The maximum atomic E-state index is 12.8. The van der Waals surface area contributed by atoms with Gasteiger partial charge in [0, 0.05) is 13.0 Å². The third-order valence-electron chi connectivity index (χ3n) is 4.45. The van der Waals surface area contributed by atoms with Crippen molar-refractivity contribution in [3.63, 3.8) is 0 Å². The van der Waals surface area contributed by atoms with Crippen LogP contribution in [0.3, 0.4) is 0 Å². The number of carbonyl (C=O) groups is 2. The predicted molar refractivity (Wildman–Crippen MR) is 95.3 cm³/mol. The van der Waals surface area contributed by atoms with Crippen LogP contribution in [0.15, 0.2) is 0 Å². The smallest absolute Gasteiger partial charge is 0.222 e. The normalized spacial score (nSPS) is 31.1. The molecule has 0 aromatic heterocycles. The maximum Gasteiger partial charge on any atom is 0.222 e. The van der Waals surface area contributed by atoms with E-state index in [1.54, 1.807) is 0 Å². The zero-order valence-electron chi connectivity index (χ0n) is 15.5. The number of rotatable bonds is 5. The van der Waals surface area contributed by atoms with E-state index >= 15 is 0 Å². The van der Waals surface area contributed by atoms with Crippen LogP contribution in [0, 0.1) is 5.92 Å². The van der Waals surface area contributed by atoms with Gasteiger partial charge in [0.1, 0.15) is 6.10 Å². The molecule has 2 fully saturated rings. The van der Waals surface area contributed by atoms with E-state index in [1.165, 1.54) is 0 Å². The van der Waals surface area contributed by atoms with Crippen LogP contribution < -0.4 is 0 Å². The van der Waals surface area contributed by atoms with Gasteiger partial charge in [-0.1, -0.05) is 19.6 Å². The first-order valence-electron chi connectivity index (χ1n) is 8.59. The molecule has 2 saturated heterocycles. The molecule has 0 radical (unpaired) electrons. The van der Waals surface area contributed by atoms with Crippen molar-refractivity contribution in [1.82, 2.24) is 4.57 Å². The lowest BCUT2D eigenvalue weighted by molar-refractivity contribution is -0.171. The highest BCUT2D eigenvalue weighted by Gasteiger charge is 2.59. The van der Waals surface area contributed by atoms with Crippen molar-refractivity contribution in [2.24, 2.45) is 5.92 Å². The number of carbonyl (C=O) groups excluding carboxylic acids is 2. The van der Waals surface area contributed by atoms with Gasteiger partial charge in [-0.3, -0.25) is 9.59 Å². The van der Waals surface area contributed by atoms with Crippen LogP contribution in [0.1, 0.15) is 19.8 Å². The average molecular weight is 358 g/mol. The van der Waals surface area contributed by atoms with Gasteiger partial charge in [-0.05, 0) is 33.0 Å². The summed E-state index contributed by atoms with van der Waals surface area (Å²) in [4.78, 5) is 25.2. The molecule has 0 N–H and O–H groups in total. The van der Waals surface area contributed by atoms with Gasteiger partial charge in [0.05, 0.1) is 18.1 Å². The molecule has 0 spiro atoms. The Balaban J connectivity index is 2.26. The second-order valence-corrected chi connectivity index (χ2v) is 18.0. The Morgan fingerprint density at radius 2 is 1.78 bits per heavy atom. The van der Waals surface area contributed by atoms with Crippen molar-refractivity contribution in [2.45, 2.75) is 77.3 Å². The molecule has 1 amide bonds. The highest BCUT2D eigenvalue weighted by molar-refractivity contribution is 6.76. The van der Waals surface area contributed by atoms with Crippen molar-refractivity contribution < 1.29 is 18.8 Å². The minimum absolute atomic E-state index is 0.141. The molecule has 2 aliphatic heterocycles. The fraction of sp³-hybridized carbons (Fsp3) is 0.875. The number of hydrogen-bond acceptors (Lipinski definition) is 4. The van der Waals surface area contributed by atoms with Gasteiger partial charge in [-0.15, -0.1) is 0 Å². The zero-order valence-corrected chi connectivity index (χ0v) is 17.5. The second kappa shape index (κ2) is 6.42. The first kappa shape index (κ1) is 18.8. The van der Waals surface area contributed by atoms with Gasteiger partial charge in [0.2, 0.25) is 5.91 Å². The van der Waals surface area contributed by atoms with Crippen LogP contribution in [0.25, 0.3) is 0 Å². The molecular formula is C16H31NO4Si2. The van der Waals surface area contributed by atoms with E-state index < -0.39 is 22.7 Å². The van der Waals surface area contributed by atoms with Crippen LogP contribution in [0.2, 0.25) is 39.3 Å². The number of amides is 1. The number of ketones is 1. The van der Waals surface area contributed by atoms with Crippen LogP contribution in [0.4, 0.5) is 0 Å². The van der Waals surface area contributed by atoms with Crippen LogP contribution >= 0.6 is 0 Å². The van der Waals surface area contributed by atoms with Gasteiger partial charge in [-0.2, -0.15) is 0 Å². The molecular weight excluding hydrogens is 326 g/mol. The summed E-state index contributed by atoms with van der Waals surface area (Å²) in [5.74, 6) is 0.0320. The summed E-state index contributed by atoms with van der Waals surface area (Å²) >= 11 is 0. The fourth-order valence-electron chi connectivity index (χ4n) is 3.72. The van der Waals surface area contributed by atoms with Crippen molar-refractivity contribution in [1.29, 1.82) is 0 Å². The van der Waals surface area contributed by atoms with Crippen molar-refractivity contribution in [2.75, 3.05) is 6.61 Å². The highest BCUT2D eigenvalue weighted by Crippen LogP contribution is 2.40. The molecule has 4 atom stereocenters. The first-order chi connectivity index (χ1) is 10.4. The summed E-state index contributed by atoms with van der Waals surface area (Å²) in [6.45, 7) is 15.4. The van der Waals surface area contributed by atoms with E-state index in [-0.39, 0.29) is 29.8 Å². The molecule has 0 aliphatic carbocycles. The summed E-state index contributed by atoms with van der Waals surface area (Å²) in [6.07, 6.45) is 0.718. The maximum absolute atomic E-state index is 12.8. The van der Waals surface area contributed by atoms with Crippen molar-refractivity contribution in [3.05, 3.63) is 0 Å². The lowest BCUT2D eigenvalue weighted by Crippen LogP contribution is -2.76. The standard InChI is InChI=1S/C16H31NO4Si2/c1-11(21-23(5,6)7)13-14(15-12(18)9-8-10-20-15)17(16(13)19)22(2,3)4/h11,13-15H,8-10H2,1-7H3/t11-,13-,14+,15+/m1/s1. The van der Waals surface area contributed by atoms with E-state index in [9.17, 15) is 9.59 Å². The Labute approximate surface area is 141 Å². The van der Waals surface area contributed by atoms with Gasteiger partial charge >= 0.3 is 0 Å². The van der Waals surface area contributed by atoms with E-state index in [1.807, 2.05) is 11.5 Å². The summed E-state index contributed by atoms with van der Waals surface area (Å²) in [6, 6.07) is -0.145. The number of ether oxygens (including phenoxy) is 1. The molecule has 2 rings (SSSR count). The molecule has 0 aromatic rings. The molecule has 132 valence electrons. The van der Waals surface area contributed by atoms with Crippen LogP contribution in [0.5, 0.6) is 0 Å². The Morgan fingerprint density at radius 1 is 1.17 bits per heavy atom. The monoisotopic (exact) mass is 357 g/mol. The molecule has 0 unspecified atom stereocenters. The number of hydrogen-bond donors (Lipinski definition) is 0. The van der Waals surface area contributed by atoms with Crippen LogP contribution in [-0.2, 0) is 18.8 Å². The number of nitrogens with zero attached hydrogens (tertiary/aromatic N) is 1. The van der Waals surface area contributed by atoms with Gasteiger partial charge < -0.3 is 13.7 Å². The lowest BCUT2D eigenvalue weighted by Gasteiger charge is -2.57. The molecule has 7 heteroatoms. The summed E-state index contributed by atoms with van der Waals surface area (Å²) in [5, 5.41) is 0. The largest absolute Gasteiger partial charge is 0.414 e. The Morgan fingerprint density at radius 3 is 2.26 bits per heavy atom. The minimum Gasteiger partial charge on any atom is -0.414 e. The van der Waals surface area contributed by atoms with Gasteiger partial charge in [-0.25, -0.2) is 0 Å². The van der Waals surface area contributed by atoms with E-state index in [0.717, 1.165) is 6.42 Å². The van der Waals surface area contributed by atoms with Crippen LogP contribution in [-0.4, -0.2) is 57.7 Å². The molecule has 5 nitrogen and oxygen atoms in total. The number of β-lactam (4-membered cyclic amide) rings is 1. The highest BCUT2D eigenvalue weighted by atomic mass is 28.4. The molecule has 23 heavy (non-hydrogen) atoms. The third-order valence-corrected chi connectivity index (χ3v) is 7.49. The molecule has 2 aliphatic rings. The Hall–Kier alpha value is -0.506. The predicted octanol–water partition coefficient (Wildman–Crippen LogP) is 2.64. The van der Waals surface area contributed by atoms with E-state index in [2.05, 4.69) is 39.3 Å². The van der Waals surface area contributed by atoms with Crippen molar-refractivity contribution in [3.8, 4) is 0 Å². The van der Waals surface area contributed by atoms with E-state index in [0.29, 0.717) is 13.0 Å². The quantitative estimate of drug-likeness (QED) is 0.561. The molecule has 2 heterocycles. The lowest BCUT2D eigenvalue weighted by atomic mass is 9.80. The SMILES string of the molecule is C[C@@H](O[Si](C)(C)C)[C@H]1C(=O)N([Si](C)(C)C)[C@@H]1[C@H]1OCCCC1=O. The summed E-state index contributed by atoms with van der Waals surface area (Å²) in [5.41, 5.74) is 0. The van der Waals surface area contributed by atoms with E-state index in [4.69, 9.17) is 9.16 Å². The Kier molecular flexibility index (Phi) is 5.26. The zero-order chi connectivity index (χ0) is 17.6. The molecule has 0 bridgehead atoms. The molecule has 0 aromatic carbocycles. The van der Waals surface area contributed by atoms with Gasteiger partial charge in [0.25, 0.3) is 0 Å². The fourth-order valence-corrected chi connectivity index (χ4v) is 6.99. The second-order valence-electron chi connectivity index (χ2n) is 8.69. The Bertz CT molecular complexity index is 483. The summed E-state index contributed by atoms with van der Waals surface area (Å²) in [7, 11) is -3.60. The third kappa shape index (κ3) is 3.95. The first-order valence-corrected chi connectivity index (χ1v) is 15.4. The van der Waals surface area contributed by atoms with Gasteiger partial charge in [0.15, 0.2) is 22.3 Å². The average Bonchev–Trinajstić information content (AvgIpc) is 2.32. The number of Topliss-reactive ketones (excluding diaryl/α,β-unsaturated/α-hetero) is 1.